The van der Waals surface area contributed by atoms with Crippen LogP contribution in [0.25, 0.3) is 88.3 Å². The van der Waals surface area contributed by atoms with Crippen molar-refractivity contribution in [1.82, 2.24) is 0 Å². The number of hydrogen-bond donors (Lipinski definition) is 0. The van der Waals surface area contributed by atoms with Crippen LogP contribution in [0.5, 0.6) is 0 Å². The van der Waals surface area contributed by atoms with Crippen LogP contribution in [0.1, 0.15) is 25.0 Å². The predicted molar refractivity (Wildman–Crippen MR) is 265 cm³/mol. The van der Waals surface area contributed by atoms with E-state index in [0.29, 0.717) is 0 Å². The Hall–Kier alpha value is -7.94. The molecule has 0 aliphatic heterocycles. The van der Waals surface area contributed by atoms with Gasteiger partial charge in [0.2, 0.25) is 0 Å². The molecule has 0 atom stereocenters. The van der Waals surface area contributed by atoms with Gasteiger partial charge in [0.05, 0.1) is 0 Å². The van der Waals surface area contributed by atoms with Gasteiger partial charge in [0.15, 0.2) is 0 Å². The molecular weight excluding hydrogens is 763 g/mol. The molecule has 0 radical (unpaired) electrons. The number of anilines is 3. The van der Waals surface area contributed by atoms with E-state index in [4.69, 9.17) is 4.42 Å². The van der Waals surface area contributed by atoms with Gasteiger partial charge in [0, 0.05) is 44.2 Å². The topological polar surface area (TPSA) is 16.4 Å². The fraction of sp³-hybridized carbons (Fsp3) is 0.0492. The van der Waals surface area contributed by atoms with Gasteiger partial charge in [-0.2, -0.15) is 0 Å². The lowest BCUT2D eigenvalue weighted by molar-refractivity contribution is 0.660. The van der Waals surface area contributed by atoms with Crippen molar-refractivity contribution in [2.45, 2.75) is 19.3 Å². The minimum absolute atomic E-state index is 0.116. The van der Waals surface area contributed by atoms with Gasteiger partial charge in [-0.15, -0.1) is 0 Å². The lowest BCUT2D eigenvalue weighted by Crippen LogP contribution is -2.16. The molecule has 1 heterocycles. The summed E-state index contributed by atoms with van der Waals surface area (Å²) in [5.74, 6) is 0. The molecule has 0 saturated heterocycles. The zero-order valence-electron chi connectivity index (χ0n) is 35.2. The maximum atomic E-state index is 6.98. The largest absolute Gasteiger partial charge is 0.455 e. The summed E-state index contributed by atoms with van der Waals surface area (Å²) in [4.78, 5) is 2.40. The Balaban J connectivity index is 1.01. The molecule has 2 nitrogen and oxygen atoms in total. The fourth-order valence-electron chi connectivity index (χ4n) is 10.1. The minimum atomic E-state index is -0.116. The predicted octanol–water partition coefficient (Wildman–Crippen LogP) is 17.2. The molecule has 1 aliphatic rings. The lowest BCUT2D eigenvalue weighted by atomic mass is 9.82. The van der Waals surface area contributed by atoms with Crippen LogP contribution < -0.4 is 4.90 Å². The van der Waals surface area contributed by atoms with Crippen LogP contribution in [-0.4, -0.2) is 0 Å². The lowest BCUT2D eigenvalue weighted by Gasteiger charge is -2.28. The van der Waals surface area contributed by atoms with Crippen LogP contribution in [-0.2, 0) is 5.41 Å². The molecular formula is C61H43NO. The van der Waals surface area contributed by atoms with Crippen molar-refractivity contribution >= 4 is 49.8 Å². The van der Waals surface area contributed by atoms with Crippen molar-refractivity contribution in [2.24, 2.45) is 0 Å². The Bertz CT molecular complexity index is 3490. The standard InChI is InChI=1S/C61H43NO/c1-61(2)57-25-15-14-23-50(57)51-35-34-48(38-58(51)61)62(46-30-26-42(27-31-46)40-16-6-3-7-17-40)47-32-28-44(29-33-47)53-39-56-55-37-45(41-18-8-4-9-19-41)36-54(43-20-10-5-11-21-43)60(55)63-59(56)52-24-13-12-22-49(52)53/h3-39H,1-2H3. The third kappa shape index (κ3) is 6.09. The normalized spacial score (nSPS) is 12.7. The highest BCUT2D eigenvalue weighted by Crippen LogP contribution is 2.51. The van der Waals surface area contributed by atoms with Crippen LogP contribution in [0.4, 0.5) is 17.1 Å². The fourth-order valence-corrected chi connectivity index (χ4v) is 10.1. The van der Waals surface area contributed by atoms with Crippen molar-refractivity contribution in [3.05, 3.63) is 236 Å². The first-order valence-corrected chi connectivity index (χ1v) is 21.8. The van der Waals surface area contributed by atoms with Gasteiger partial charge in [0.25, 0.3) is 0 Å². The van der Waals surface area contributed by atoms with Crippen molar-refractivity contribution in [2.75, 3.05) is 4.90 Å². The van der Waals surface area contributed by atoms with Crippen LogP contribution in [0.15, 0.2) is 229 Å². The van der Waals surface area contributed by atoms with Gasteiger partial charge >= 0.3 is 0 Å². The van der Waals surface area contributed by atoms with Gasteiger partial charge < -0.3 is 9.32 Å². The molecule has 2 heteroatoms. The molecule has 1 aromatic heterocycles. The molecule has 0 bridgehead atoms. The smallest absolute Gasteiger partial charge is 0.143 e. The Morgan fingerprint density at radius 2 is 0.794 bits per heavy atom. The summed E-state index contributed by atoms with van der Waals surface area (Å²) in [6, 6.07) is 81.5. The van der Waals surface area contributed by atoms with E-state index >= 15 is 0 Å². The minimum Gasteiger partial charge on any atom is -0.455 e. The Morgan fingerprint density at radius 3 is 1.48 bits per heavy atom. The van der Waals surface area contributed by atoms with Crippen LogP contribution in [0, 0.1) is 0 Å². The van der Waals surface area contributed by atoms with E-state index in [9.17, 15) is 0 Å². The van der Waals surface area contributed by atoms with E-state index in [1.54, 1.807) is 0 Å². The van der Waals surface area contributed by atoms with Crippen molar-refractivity contribution < 1.29 is 4.42 Å². The molecule has 1 aliphatic carbocycles. The summed E-state index contributed by atoms with van der Waals surface area (Å²) in [6.45, 7) is 4.70. The zero-order chi connectivity index (χ0) is 42.1. The monoisotopic (exact) mass is 805 g/mol. The quantitative estimate of drug-likeness (QED) is 0.160. The summed E-state index contributed by atoms with van der Waals surface area (Å²) in [7, 11) is 0. The molecule has 12 rings (SSSR count). The number of benzene rings is 10. The maximum Gasteiger partial charge on any atom is 0.143 e. The second kappa shape index (κ2) is 14.6. The highest BCUT2D eigenvalue weighted by Gasteiger charge is 2.35. The van der Waals surface area contributed by atoms with Gasteiger partial charge in [-0.05, 0) is 121 Å². The van der Waals surface area contributed by atoms with Gasteiger partial charge in [-0.25, -0.2) is 0 Å². The molecule has 0 amide bonds. The number of rotatable bonds is 7. The Kier molecular flexibility index (Phi) is 8.55. The summed E-state index contributed by atoms with van der Waals surface area (Å²) in [5.41, 5.74) is 19.7. The SMILES string of the molecule is CC1(C)c2ccccc2-c2ccc(N(c3ccc(-c4ccccc4)cc3)c3ccc(-c4cc5c6cc(-c7ccccc7)cc(-c7ccccc7)c6oc5c5ccccc45)cc3)cc21. The molecule has 0 spiro atoms. The third-order valence-corrected chi connectivity index (χ3v) is 13.3. The first kappa shape index (κ1) is 36.9. The van der Waals surface area contributed by atoms with Gasteiger partial charge in [0.1, 0.15) is 11.2 Å². The Labute approximate surface area is 368 Å². The van der Waals surface area contributed by atoms with E-state index in [1.165, 1.54) is 50.1 Å². The van der Waals surface area contributed by atoms with Gasteiger partial charge in [-0.3, -0.25) is 0 Å². The molecule has 0 N–H and O–H groups in total. The Morgan fingerprint density at radius 1 is 0.302 bits per heavy atom. The second-order valence-corrected chi connectivity index (χ2v) is 17.3. The number of fused-ring (bicyclic) bond motifs is 8. The van der Waals surface area contributed by atoms with Crippen LogP contribution in [0.2, 0.25) is 0 Å². The summed E-state index contributed by atoms with van der Waals surface area (Å²) in [6.07, 6.45) is 0. The van der Waals surface area contributed by atoms with E-state index in [-0.39, 0.29) is 5.41 Å². The van der Waals surface area contributed by atoms with E-state index in [0.717, 1.165) is 66.5 Å². The highest BCUT2D eigenvalue weighted by atomic mass is 16.3. The summed E-state index contributed by atoms with van der Waals surface area (Å²) in [5, 5.41) is 4.49. The average molecular weight is 806 g/mol. The first-order valence-electron chi connectivity index (χ1n) is 21.8. The average Bonchev–Trinajstić information content (AvgIpc) is 3.84. The van der Waals surface area contributed by atoms with Crippen LogP contribution in [0.3, 0.4) is 0 Å². The second-order valence-electron chi connectivity index (χ2n) is 17.3. The molecule has 63 heavy (non-hydrogen) atoms. The molecule has 298 valence electrons. The van der Waals surface area contributed by atoms with E-state index in [2.05, 4.69) is 243 Å². The van der Waals surface area contributed by atoms with E-state index in [1.807, 2.05) is 0 Å². The molecule has 0 saturated carbocycles. The maximum absolute atomic E-state index is 6.98. The number of hydrogen-bond acceptors (Lipinski definition) is 2. The number of nitrogens with zero attached hydrogens (tertiary/aromatic N) is 1. The first-order chi connectivity index (χ1) is 31.0. The van der Waals surface area contributed by atoms with Crippen LogP contribution >= 0.6 is 0 Å². The zero-order valence-corrected chi connectivity index (χ0v) is 35.2. The molecule has 10 aromatic carbocycles. The third-order valence-electron chi connectivity index (χ3n) is 13.3. The summed E-state index contributed by atoms with van der Waals surface area (Å²) < 4.78 is 6.98. The molecule has 11 aromatic rings. The highest BCUT2D eigenvalue weighted by molar-refractivity contribution is 6.21. The summed E-state index contributed by atoms with van der Waals surface area (Å²) >= 11 is 0. The van der Waals surface area contributed by atoms with Crippen molar-refractivity contribution in [3.63, 3.8) is 0 Å². The van der Waals surface area contributed by atoms with Gasteiger partial charge in [-0.1, -0.05) is 184 Å². The van der Waals surface area contributed by atoms with E-state index < -0.39 is 0 Å². The number of furan rings is 1. The van der Waals surface area contributed by atoms with Crippen molar-refractivity contribution in [1.29, 1.82) is 0 Å². The molecule has 0 unspecified atom stereocenters. The molecule has 0 fully saturated rings. The van der Waals surface area contributed by atoms with Crippen molar-refractivity contribution in [3.8, 4) is 55.6 Å².